The number of halogens is 2. The van der Waals surface area contributed by atoms with Crippen molar-refractivity contribution in [1.29, 1.82) is 0 Å². The standard InChI is InChI=1S/C14H17Br2N3O7/c1-3-7(20)24-5-6-10(26-8(21)4-2)9(15)13(25-6)19-14(23)17-12(22)11(16)18-19/h6,9-10,13H,3-5H2,1-2H3,(H,17,22,23)/t6-,9+,10-,13-/m0/s1. The fourth-order valence-electron chi connectivity index (χ4n) is 2.24. The Morgan fingerprint density at radius 1 is 1.27 bits per heavy atom. The van der Waals surface area contributed by atoms with Gasteiger partial charge < -0.3 is 14.2 Å². The minimum atomic E-state index is -0.990. The molecule has 1 aromatic heterocycles. The number of alkyl halides is 1. The third kappa shape index (κ3) is 4.60. The van der Waals surface area contributed by atoms with Gasteiger partial charge >= 0.3 is 17.6 Å². The zero-order valence-corrected chi connectivity index (χ0v) is 17.1. The molecule has 2 rings (SSSR count). The molecule has 26 heavy (non-hydrogen) atoms. The largest absolute Gasteiger partial charge is 0.463 e. The fraction of sp³-hybridized carbons (Fsp3) is 0.643. The van der Waals surface area contributed by atoms with Crippen LogP contribution in [0.15, 0.2) is 14.2 Å². The molecular formula is C14H17Br2N3O7. The Kier molecular flexibility index (Phi) is 7.12. The van der Waals surface area contributed by atoms with E-state index in [0.29, 0.717) is 0 Å². The molecule has 4 atom stereocenters. The van der Waals surface area contributed by atoms with Crippen molar-refractivity contribution < 1.29 is 23.8 Å². The van der Waals surface area contributed by atoms with Crippen LogP contribution in [0.3, 0.4) is 0 Å². The topological polar surface area (TPSA) is 130 Å². The lowest BCUT2D eigenvalue weighted by molar-refractivity contribution is -0.158. The van der Waals surface area contributed by atoms with Gasteiger partial charge in [-0.15, -0.1) is 0 Å². The van der Waals surface area contributed by atoms with Gasteiger partial charge in [0.2, 0.25) is 0 Å². The number of rotatable bonds is 6. The third-order valence-corrected chi connectivity index (χ3v) is 5.06. The van der Waals surface area contributed by atoms with E-state index < -0.39 is 46.5 Å². The summed E-state index contributed by atoms with van der Waals surface area (Å²) in [5.74, 6) is -0.913. The van der Waals surface area contributed by atoms with Crippen molar-refractivity contribution in [2.24, 2.45) is 0 Å². The monoisotopic (exact) mass is 497 g/mol. The molecule has 144 valence electrons. The highest BCUT2D eigenvalue weighted by atomic mass is 79.9. The number of hydrogen-bond acceptors (Lipinski definition) is 8. The van der Waals surface area contributed by atoms with Crippen molar-refractivity contribution in [3.05, 3.63) is 25.4 Å². The lowest BCUT2D eigenvalue weighted by atomic mass is 10.2. The summed E-state index contributed by atoms with van der Waals surface area (Å²) in [4.78, 5) is 48.1. The molecule has 1 fully saturated rings. The van der Waals surface area contributed by atoms with E-state index in [1.165, 1.54) is 0 Å². The smallest absolute Gasteiger partial charge is 0.347 e. The van der Waals surface area contributed by atoms with Crippen LogP contribution < -0.4 is 11.2 Å². The van der Waals surface area contributed by atoms with E-state index in [4.69, 9.17) is 14.2 Å². The third-order valence-electron chi connectivity index (χ3n) is 3.57. The van der Waals surface area contributed by atoms with Crippen LogP contribution in [0.1, 0.15) is 32.9 Å². The Bertz CT molecular complexity index is 793. The highest BCUT2D eigenvalue weighted by Crippen LogP contribution is 2.36. The molecule has 1 N–H and O–H groups in total. The molecule has 0 saturated carbocycles. The van der Waals surface area contributed by atoms with Crippen molar-refractivity contribution in [3.63, 3.8) is 0 Å². The summed E-state index contributed by atoms with van der Waals surface area (Å²) in [7, 11) is 0. The number of aromatic nitrogens is 3. The van der Waals surface area contributed by atoms with Crippen LogP contribution in [0.25, 0.3) is 0 Å². The Morgan fingerprint density at radius 2 is 1.92 bits per heavy atom. The van der Waals surface area contributed by atoms with E-state index in [2.05, 4.69) is 41.9 Å². The Labute approximate surface area is 164 Å². The summed E-state index contributed by atoms with van der Waals surface area (Å²) in [6.45, 7) is 3.12. The van der Waals surface area contributed by atoms with Gasteiger partial charge in [-0.25, -0.2) is 4.79 Å². The highest BCUT2D eigenvalue weighted by Gasteiger charge is 2.48. The number of carbonyl (C=O) groups excluding carboxylic acids is 2. The first-order valence-corrected chi connectivity index (χ1v) is 9.52. The molecule has 0 aromatic carbocycles. The molecule has 1 aliphatic heterocycles. The number of hydrogen-bond donors (Lipinski definition) is 1. The highest BCUT2D eigenvalue weighted by molar-refractivity contribution is 9.10. The summed E-state index contributed by atoms with van der Waals surface area (Å²) in [6, 6.07) is 0. The summed E-state index contributed by atoms with van der Waals surface area (Å²) >= 11 is 6.31. The predicted octanol–water partition coefficient (Wildman–Crippen LogP) is 0.630. The number of H-pyrrole nitrogens is 1. The van der Waals surface area contributed by atoms with E-state index in [9.17, 15) is 19.2 Å². The molecule has 0 radical (unpaired) electrons. The van der Waals surface area contributed by atoms with Gasteiger partial charge in [-0.1, -0.05) is 29.8 Å². The van der Waals surface area contributed by atoms with Gasteiger partial charge in [-0.2, -0.15) is 9.78 Å². The Hall–Kier alpha value is -1.53. The Balaban J connectivity index is 2.30. The maximum Gasteiger partial charge on any atom is 0.347 e. The zero-order valence-electron chi connectivity index (χ0n) is 13.9. The molecule has 0 bridgehead atoms. The van der Waals surface area contributed by atoms with Crippen molar-refractivity contribution >= 4 is 43.8 Å². The molecule has 0 amide bonds. The van der Waals surface area contributed by atoms with Crippen molar-refractivity contribution in [1.82, 2.24) is 14.8 Å². The van der Waals surface area contributed by atoms with E-state index in [1.54, 1.807) is 13.8 Å². The SMILES string of the molecule is CCC(=O)OC[C@@H]1O[C@H](n2nc(Br)c(=O)[nH]c2=O)[C@H](Br)[C@H]1OC(=O)CC. The number of carbonyl (C=O) groups is 2. The van der Waals surface area contributed by atoms with Crippen LogP contribution in [-0.4, -0.2) is 50.3 Å². The van der Waals surface area contributed by atoms with Crippen LogP contribution in [0, 0.1) is 0 Å². The maximum atomic E-state index is 12.1. The quantitative estimate of drug-likeness (QED) is 0.446. The summed E-state index contributed by atoms with van der Waals surface area (Å²) in [6.07, 6.45) is -2.30. The number of esters is 2. The molecule has 1 aliphatic rings. The first kappa shape index (κ1) is 20.8. The molecule has 2 heterocycles. The summed E-state index contributed by atoms with van der Waals surface area (Å²) in [5.41, 5.74) is -1.47. The first-order valence-electron chi connectivity index (χ1n) is 7.81. The minimum absolute atomic E-state index is 0.108. The van der Waals surface area contributed by atoms with Crippen molar-refractivity contribution in [2.75, 3.05) is 6.61 Å². The van der Waals surface area contributed by atoms with E-state index in [-0.39, 0.29) is 24.1 Å². The maximum absolute atomic E-state index is 12.1. The minimum Gasteiger partial charge on any atom is -0.463 e. The van der Waals surface area contributed by atoms with Crippen LogP contribution in [0.4, 0.5) is 0 Å². The summed E-state index contributed by atoms with van der Waals surface area (Å²) in [5, 5.41) is 3.86. The van der Waals surface area contributed by atoms with Gasteiger partial charge in [0.1, 0.15) is 23.6 Å². The van der Waals surface area contributed by atoms with Crippen LogP contribution in [0.2, 0.25) is 0 Å². The number of nitrogens with zero attached hydrogens (tertiary/aromatic N) is 2. The number of ether oxygens (including phenoxy) is 3. The second-order valence-corrected chi connectivity index (χ2v) is 7.16. The van der Waals surface area contributed by atoms with Gasteiger partial charge in [0, 0.05) is 12.8 Å². The Morgan fingerprint density at radius 3 is 2.54 bits per heavy atom. The first-order chi connectivity index (χ1) is 12.3. The molecule has 1 aromatic rings. The van der Waals surface area contributed by atoms with Crippen LogP contribution in [-0.2, 0) is 23.8 Å². The van der Waals surface area contributed by atoms with Gasteiger partial charge in [0.05, 0.1) is 0 Å². The second-order valence-electron chi connectivity index (χ2n) is 5.35. The fourth-order valence-corrected chi connectivity index (χ4v) is 3.31. The average Bonchev–Trinajstić information content (AvgIpc) is 2.91. The lowest BCUT2D eigenvalue weighted by Gasteiger charge is -2.20. The van der Waals surface area contributed by atoms with Gasteiger partial charge in [0.25, 0.3) is 5.56 Å². The van der Waals surface area contributed by atoms with Gasteiger partial charge in [-0.3, -0.25) is 19.4 Å². The zero-order chi connectivity index (χ0) is 19.4. The molecule has 10 nitrogen and oxygen atoms in total. The molecular weight excluding hydrogens is 482 g/mol. The van der Waals surface area contributed by atoms with Gasteiger partial charge in [-0.05, 0) is 15.9 Å². The molecule has 12 heteroatoms. The van der Waals surface area contributed by atoms with E-state index >= 15 is 0 Å². The van der Waals surface area contributed by atoms with Crippen molar-refractivity contribution in [3.8, 4) is 0 Å². The van der Waals surface area contributed by atoms with Crippen LogP contribution in [0.5, 0.6) is 0 Å². The molecule has 0 unspecified atom stereocenters. The van der Waals surface area contributed by atoms with E-state index in [0.717, 1.165) is 4.68 Å². The van der Waals surface area contributed by atoms with Crippen molar-refractivity contribution in [2.45, 2.75) is 50.0 Å². The average molecular weight is 499 g/mol. The lowest BCUT2D eigenvalue weighted by Crippen LogP contribution is -2.39. The normalized spacial score (nSPS) is 25.1. The number of nitrogens with one attached hydrogen (secondary N) is 1. The molecule has 1 saturated heterocycles. The van der Waals surface area contributed by atoms with Crippen LogP contribution >= 0.6 is 31.9 Å². The van der Waals surface area contributed by atoms with Gasteiger partial charge in [0.15, 0.2) is 10.8 Å². The summed E-state index contributed by atoms with van der Waals surface area (Å²) < 4.78 is 17.0. The number of aromatic amines is 1. The second kappa shape index (κ2) is 8.91. The molecule has 0 aliphatic carbocycles. The molecule has 0 spiro atoms. The van der Waals surface area contributed by atoms with E-state index in [1.807, 2.05) is 0 Å². The predicted molar refractivity (Wildman–Crippen MR) is 94.9 cm³/mol.